The highest BCUT2D eigenvalue weighted by Gasteiger charge is 2.26. The number of hydrogen-bond donors (Lipinski definition) is 9. The Bertz CT molecular complexity index is 340. The van der Waals surface area contributed by atoms with Crippen LogP contribution in [0.25, 0.3) is 0 Å². The van der Waals surface area contributed by atoms with Crippen LogP contribution in [0.5, 0.6) is 0 Å². The lowest BCUT2D eigenvalue weighted by molar-refractivity contribution is 0.0950. The van der Waals surface area contributed by atoms with Gasteiger partial charge in [0, 0.05) is 48.2 Å². The van der Waals surface area contributed by atoms with E-state index in [0.717, 1.165) is 0 Å². The van der Waals surface area contributed by atoms with E-state index >= 15 is 0 Å². The van der Waals surface area contributed by atoms with Gasteiger partial charge in [-0.25, -0.2) is 4.57 Å². The zero-order valence-corrected chi connectivity index (χ0v) is 27.5. The number of hydrogen-bond acceptors (Lipinski definition) is 7. The first-order valence-corrected chi connectivity index (χ1v) is 16.8. The maximum Gasteiger partial charge on any atom is 0.466 e. The zero-order valence-electron chi connectivity index (χ0n) is 17.1. The molecule has 0 radical (unpaired) electrons. The van der Waals surface area contributed by atoms with E-state index in [9.17, 15) is 0 Å². The summed E-state index contributed by atoms with van der Waals surface area (Å²) in [5.41, 5.74) is -1.17. The maximum atomic E-state index is 8.88. The predicted octanol–water partition coefficient (Wildman–Crippen LogP) is 1.31. The molecule has 0 aliphatic carbocycles. The largest absolute Gasteiger partial charge is 0.466 e. The fourth-order valence-electron chi connectivity index (χ4n) is 0.764. The predicted molar refractivity (Wildman–Crippen MR) is 147 cm³/mol. The Kier molecular flexibility index (Phi) is 31.5. The first-order chi connectivity index (χ1) is 14.7. The normalized spacial score (nSPS) is 12.0. The van der Waals surface area contributed by atoms with E-state index in [-0.39, 0.29) is 55.9 Å². The minimum Gasteiger partial charge on any atom is -0.396 e. The van der Waals surface area contributed by atoms with Gasteiger partial charge in [-0.15, -0.1) is 0 Å². The summed E-state index contributed by atoms with van der Waals surface area (Å²) in [5, 5.41) is 56.2. The third-order valence-electron chi connectivity index (χ3n) is 3.71. The van der Waals surface area contributed by atoms with Gasteiger partial charge in [0.2, 0.25) is 0 Å². The van der Waals surface area contributed by atoms with Gasteiger partial charge in [-0.05, 0) is 0 Å². The number of aliphatic hydroxyl groups is 6. The van der Waals surface area contributed by atoms with Crippen LogP contribution in [-0.4, -0.2) is 117 Å². The third-order valence-corrected chi connectivity index (χ3v) is 10.9. The molecule has 0 saturated carbocycles. The van der Waals surface area contributed by atoms with Crippen molar-refractivity contribution in [1.82, 2.24) is 0 Å². The lowest BCUT2D eigenvalue weighted by Gasteiger charge is -2.23. The van der Waals surface area contributed by atoms with Crippen molar-refractivity contribution in [2.45, 2.75) is 0 Å². The van der Waals surface area contributed by atoms with Crippen molar-refractivity contribution in [3.05, 3.63) is 0 Å². The second-order valence-electron chi connectivity index (χ2n) is 6.76. The van der Waals surface area contributed by atoms with E-state index in [1.165, 1.54) is 0 Å². The summed E-state index contributed by atoms with van der Waals surface area (Å²) in [6.45, 7) is 0. The van der Waals surface area contributed by atoms with Crippen LogP contribution >= 0.6 is 103 Å². The first-order valence-electron chi connectivity index (χ1n) is 8.53. The molecule has 0 unspecified atom stereocenters. The summed E-state index contributed by atoms with van der Waals surface area (Å²) in [7, 11) is -4.64. The molecule has 9 N–H and O–H groups in total. The van der Waals surface area contributed by atoms with Crippen LogP contribution in [0.3, 0.4) is 0 Å². The zero-order chi connectivity index (χ0) is 26.5. The van der Waals surface area contributed by atoms with Crippen LogP contribution in [0.15, 0.2) is 0 Å². The minimum absolute atomic E-state index is 0. The van der Waals surface area contributed by atoms with Crippen molar-refractivity contribution < 1.29 is 49.9 Å². The van der Waals surface area contributed by atoms with Crippen molar-refractivity contribution in [2.75, 3.05) is 71.6 Å². The molecule has 0 aromatic carbocycles. The fraction of sp³-hybridized carbons (Fsp3) is 1.00. The van der Waals surface area contributed by atoms with E-state index < -0.39 is 7.82 Å². The van der Waals surface area contributed by atoms with Gasteiger partial charge in [0.15, 0.2) is 0 Å². The molecule has 0 fully saturated rings. The lowest BCUT2D eigenvalue weighted by atomic mass is 9.97. The van der Waals surface area contributed by atoms with E-state index in [2.05, 4.69) is 95.6 Å². The summed E-state index contributed by atoms with van der Waals surface area (Å²) < 4.78 is 8.88. The van der Waals surface area contributed by atoms with Crippen LogP contribution in [0.2, 0.25) is 0 Å². The van der Waals surface area contributed by atoms with E-state index in [4.69, 9.17) is 49.9 Å². The Labute approximate surface area is 239 Å². The number of halogens is 6. The number of phosphoric acid groups is 1. The van der Waals surface area contributed by atoms with Gasteiger partial charge in [0.25, 0.3) is 0 Å². The minimum atomic E-state index is -4.64. The summed E-state index contributed by atoms with van der Waals surface area (Å²) in [4.78, 5) is 21.6. The smallest absolute Gasteiger partial charge is 0.396 e. The molecule has 0 atom stereocenters. The molecule has 0 bridgehead atoms. The van der Waals surface area contributed by atoms with E-state index in [1.807, 2.05) is 0 Å². The van der Waals surface area contributed by atoms with E-state index in [0.29, 0.717) is 32.0 Å². The number of aliphatic hydroxyl groups excluding tert-OH is 6. The first kappa shape index (κ1) is 41.9. The SMILES string of the molecule is O=P(O)(O)O.OCC(CO)(CBr)CBr.OCC(CO)(CBr)CBr.OCC(CO)(CBr)CBr. The highest BCUT2D eigenvalue weighted by molar-refractivity contribution is 9.10. The van der Waals surface area contributed by atoms with Gasteiger partial charge >= 0.3 is 7.82 Å². The Morgan fingerprint density at radius 2 is 0.531 bits per heavy atom. The monoisotopic (exact) mass is 878 g/mol. The molecule has 10 nitrogen and oxygen atoms in total. The summed E-state index contributed by atoms with van der Waals surface area (Å²) in [5.74, 6) is 0. The van der Waals surface area contributed by atoms with Gasteiger partial charge in [0.1, 0.15) is 0 Å². The second kappa shape index (κ2) is 24.1. The number of alkyl halides is 6. The lowest BCUT2D eigenvalue weighted by Crippen LogP contribution is -2.33. The van der Waals surface area contributed by atoms with Gasteiger partial charge in [-0.3, -0.25) is 0 Å². The molecule has 0 heterocycles. The van der Waals surface area contributed by atoms with Gasteiger partial charge < -0.3 is 45.3 Å². The van der Waals surface area contributed by atoms with Gasteiger partial charge in [0.05, 0.1) is 39.6 Å². The van der Waals surface area contributed by atoms with Crippen LogP contribution in [0.4, 0.5) is 0 Å². The standard InChI is InChI=1S/3C5H10Br2O2.H3O4P/c3*6-1-5(2-7,3-8)4-9;1-5(2,3)4/h3*8-9H,1-4H2;(H3,1,2,3,4). The van der Waals surface area contributed by atoms with Crippen molar-refractivity contribution >= 4 is 103 Å². The molecule has 32 heavy (non-hydrogen) atoms. The van der Waals surface area contributed by atoms with Crippen LogP contribution in [0.1, 0.15) is 0 Å². The Hall–Kier alpha value is 2.75. The molecule has 0 rings (SSSR count). The highest BCUT2D eigenvalue weighted by atomic mass is 79.9. The molecule has 0 aliphatic rings. The van der Waals surface area contributed by atoms with Crippen molar-refractivity contribution in [2.24, 2.45) is 16.2 Å². The van der Waals surface area contributed by atoms with Crippen molar-refractivity contribution in [1.29, 1.82) is 0 Å². The molecule has 0 amide bonds. The second-order valence-corrected chi connectivity index (χ2v) is 11.2. The molecule has 0 aromatic heterocycles. The van der Waals surface area contributed by atoms with Gasteiger partial charge in [-0.1, -0.05) is 95.6 Å². The summed E-state index contributed by atoms with van der Waals surface area (Å²) in [6.07, 6.45) is 0. The molecule has 0 aromatic rings. The fourth-order valence-corrected chi connectivity index (χ4v) is 5.68. The summed E-state index contributed by atoms with van der Waals surface area (Å²) >= 11 is 19.2. The molecular weight excluding hydrogens is 851 g/mol. The van der Waals surface area contributed by atoms with Gasteiger partial charge in [-0.2, -0.15) is 0 Å². The highest BCUT2D eigenvalue weighted by Crippen LogP contribution is 2.26. The molecule has 0 aliphatic heterocycles. The Morgan fingerprint density at radius 1 is 0.438 bits per heavy atom. The average Bonchev–Trinajstić information content (AvgIpc) is 2.80. The molecular formula is C15H33Br6O10P. The van der Waals surface area contributed by atoms with Crippen LogP contribution in [0, 0.1) is 16.2 Å². The molecule has 17 heteroatoms. The van der Waals surface area contributed by atoms with E-state index in [1.54, 1.807) is 0 Å². The Balaban J connectivity index is -0.000000167. The molecule has 0 saturated heterocycles. The topological polar surface area (TPSA) is 199 Å². The number of rotatable bonds is 12. The van der Waals surface area contributed by atoms with Crippen molar-refractivity contribution in [3.8, 4) is 0 Å². The summed E-state index contributed by atoms with van der Waals surface area (Å²) in [6, 6.07) is 0. The molecule has 0 spiro atoms. The molecule has 200 valence electrons. The maximum absolute atomic E-state index is 8.88. The van der Waals surface area contributed by atoms with Crippen LogP contribution < -0.4 is 0 Å². The Morgan fingerprint density at radius 3 is 0.531 bits per heavy atom. The van der Waals surface area contributed by atoms with Crippen molar-refractivity contribution in [3.63, 3.8) is 0 Å². The van der Waals surface area contributed by atoms with Crippen LogP contribution in [-0.2, 0) is 4.57 Å². The average molecular weight is 884 g/mol. The third kappa shape index (κ3) is 22.0. The quantitative estimate of drug-likeness (QED) is 0.102.